The van der Waals surface area contributed by atoms with E-state index in [-0.39, 0.29) is 4.90 Å². The summed E-state index contributed by atoms with van der Waals surface area (Å²) in [7, 11) is -0.516. The quantitative estimate of drug-likeness (QED) is 0.835. The SMILES string of the molecule is Cc1cc(-c2ccc(S(=O)(=O)N(C)C)cc2)nn1C(=O)OC(C)(C)C. The summed E-state index contributed by atoms with van der Waals surface area (Å²) in [5.74, 6) is 0. The van der Waals surface area contributed by atoms with Gasteiger partial charge in [-0.15, -0.1) is 0 Å². The van der Waals surface area contributed by atoms with Crippen molar-refractivity contribution in [3.63, 3.8) is 0 Å². The summed E-state index contributed by atoms with van der Waals surface area (Å²) in [5, 5.41) is 4.27. The van der Waals surface area contributed by atoms with Crippen LogP contribution in [0.4, 0.5) is 4.79 Å². The van der Waals surface area contributed by atoms with Gasteiger partial charge in [-0.2, -0.15) is 9.78 Å². The first-order valence-corrected chi connectivity index (χ1v) is 9.19. The highest BCUT2D eigenvalue weighted by atomic mass is 32.2. The lowest BCUT2D eigenvalue weighted by Gasteiger charge is -2.19. The number of nitrogens with zero attached hydrogens (tertiary/aromatic N) is 3. The number of rotatable bonds is 3. The largest absolute Gasteiger partial charge is 0.442 e. The van der Waals surface area contributed by atoms with Gasteiger partial charge in [-0.05, 0) is 45.9 Å². The van der Waals surface area contributed by atoms with Crippen LogP contribution < -0.4 is 0 Å². The lowest BCUT2D eigenvalue weighted by molar-refractivity contribution is 0.0511. The second-order valence-corrected chi connectivity index (χ2v) is 9.03. The first-order chi connectivity index (χ1) is 11.4. The lowest BCUT2D eigenvalue weighted by atomic mass is 10.1. The number of hydrogen-bond acceptors (Lipinski definition) is 5. The molecule has 0 bridgehead atoms. The van der Waals surface area contributed by atoms with Crippen LogP contribution in [0.3, 0.4) is 0 Å². The Morgan fingerprint density at radius 2 is 1.72 bits per heavy atom. The zero-order chi connectivity index (χ0) is 19.0. The van der Waals surface area contributed by atoms with Crippen molar-refractivity contribution in [1.29, 1.82) is 0 Å². The van der Waals surface area contributed by atoms with Gasteiger partial charge in [-0.1, -0.05) is 12.1 Å². The average Bonchev–Trinajstić information content (AvgIpc) is 2.87. The molecule has 2 rings (SSSR count). The number of aromatic nitrogens is 2. The Balaban J connectivity index is 2.32. The number of carbonyl (C=O) groups is 1. The second-order valence-electron chi connectivity index (χ2n) is 6.87. The number of hydrogen-bond donors (Lipinski definition) is 0. The minimum atomic E-state index is -3.48. The third-order valence-electron chi connectivity index (χ3n) is 3.38. The van der Waals surface area contributed by atoms with Crippen LogP contribution in [0.1, 0.15) is 26.5 Å². The summed E-state index contributed by atoms with van der Waals surface area (Å²) in [6, 6.07) is 8.12. The molecule has 1 aromatic carbocycles. The minimum Gasteiger partial charge on any atom is -0.442 e. The third kappa shape index (κ3) is 4.26. The second kappa shape index (κ2) is 6.61. The smallest absolute Gasteiger partial charge is 0.435 e. The molecule has 0 atom stereocenters. The molecule has 0 fully saturated rings. The normalized spacial score (nSPS) is 12.4. The van der Waals surface area contributed by atoms with Gasteiger partial charge in [0.05, 0.1) is 10.6 Å². The van der Waals surface area contributed by atoms with Gasteiger partial charge in [0.15, 0.2) is 0 Å². The fourth-order valence-electron chi connectivity index (χ4n) is 2.11. The molecule has 2 aromatic rings. The van der Waals surface area contributed by atoms with E-state index in [1.807, 2.05) is 0 Å². The molecule has 0 amide bonds. The van der Waals surface area contributed by atoms with Gasteiger partial charge >= 0.3 is 6.09 Å². The van der Waals surface area contributed by atoms with Crippen molar-refractivity contribution in [3.8, 4) is 11.3 Å². The van der Waals surface area contributed by atoms with E-state index in [1.54, 1.807) is 45.9 Å². The highest BCUT2D eigenvalue weighted by Crippen LogP contribution is 2.22. The summed E-state index contributed by atoms with van der Waals surface area (Å²) in [6.45, 7) is 7.11. The maximum Gasteiger partial charge on any atom is 0.435 e. The molecule has 0 aliphatic rings. The minimum absolute atomic E-state index is 0.199. The first kappa shape index (κ1) is 19.1. The Kier molecular flexibility index (Phi) is 5.06. The number of ether oxygens (including phenoxy) is 1. The van der Waals surface area contributed by atoms with Crippen molar-refractivity contribution in [2.75, 3.05) is 14.1 Å². The van der Waals surface area contributed by atoms with E-state index in [4.69, 9.17) is 4.74 Å². The van der Waals surface area contributed by atoms with Crippen LogP contribution in [-0.2, 0) is 14.8 Å². The molecule has 0 N–H and O–H groups in total. The molecule has 0 radical (unpaired) electrons. The van der Waals surface area contributed by atoms with Crippen LogP contribution in [0.25, 0.3) is 11.3 Å². The van der Waals surface area contributed by atoms with Crippen molar-refractivity contribution in [2.45, 2.75) is 38.2 Å². The lowest BCUT2D eigenvalue weighted by Crippen LogP contribution is -2.28. The summed E-state index contributed by atoms with van der Waals surface area (Å²) >= 11 is 0. The number of carbonyl (C=O) groups excluding carboxylic acids is 1. The van der Waals surface area contributed by atoms with Gasteiger partial charge < -0.3 is 4.74 Å². The topological polar surface area (TPSA) is 81.5 Å². The predicted molar refractivity (Wildman–Crippen MR) is 94.9 cm³/mol. The van der Waals surface area contributed by atoms with E-state index >= 15 is 0 Å². The molecule has 0 saturated carbocycles. The molecule has 25 heavy (non-hydrogen) atoms. The summed E-state index contributed by atoms with van der Waals surface area (Å²) in [5.41, 5.74) is 1.30. The molecule has 0 aliphatic heterocycles. The van der Waals surface area contributed by atoms with E-state index in [9.17, 15) is 13.2 Å². The molecule has 0 saturated heterocycles. The molecule has 0 aliphatic carbocycles. The van der Waals surface area contributed by atoms with E-state index in [2.05, 4.69) is 5.10 Å². The van der Waals surface area contributed by atoms with Crippen molar-refractivity contribution in [3.05, 3.63) is 36.0 Å². The van der Waals surface area contributed by atoms with Gasteiger partial charge in [-0.25, -0.2) is 17.5 Å². The molecular formula is C17H23N3O4S. The van der Waals surface area contributed by atoms with Crippen LogP contribution in [0.2, 0.25) is 0 Å². The third-order valence-corrected chi connectivity index (χ3v) is 5.21. The Morgan fingerprint density at radius 3 is 2.20 bits per heavy atom. The molecule has 0 unspecified atom stereocenters. The van der Waals surface area contributed by atoms with Gasteiger partial charge in [0.1, 0.15) is 5.60 Å². The van der Waals surface area contributed by atoms with Crippen molar-refractivity contribution in [2.24, 2.45) is 0 Å². The molecule has 136 valence electrons. The van der Waals surface area contributed by atoms with Crippen LogP contribution in [0.15, 0.2) is 35.2 Å². The van der Waals surface area contributed by atoms with Crippen molar-refractivity contribution >= 4 is 16.1 Å². The van der Waals surface area contributed by atoms with Crippen molar-refractivity contribution < 1.29 is 17.9 Å². The molecule has 0 spiro atoms. The molecule has 7 nitrogen and oxygen atoms in total. The zero-order valence-corrected chi connectivity index (χ0v) is 16.1. The number of benzene rings is 1. The highest BCUT2D eigenvalue weighted by Gasteiger charge is 2.21. The van der Waals surface area contributed by atoms with Crippen LogP contribution >= 0.6 is 0 Å². The van der Waals surface area contributed by atoms with Crippen LogP contribution in [0, 0.1) is 6.92 Å². The van der Waals surface area contributed by atoms with E-state index in [0.29, 0.717) is 17.0 Å². The van der Waals surface area contributed by atoms with Crippen LogP contribution in [0.5, 0.6) is 0 Å². The molecular weight excluding hydrogens is 342 g/mol. The molecule has 8 heteroatoms. The standard InChI is InChI=1S/C17H23N3O4S/c1-12-11-15(18-20(12)16(21)24-17(2,3)4)13-7-9-14(10-8-13)25(22,23)19(5)6/h7-11H,1-6H3. The van der Waals surface area contributed by atoms with Gasteiger partial charge in [-0.3, -0.25) is 0 Å². The number of aryl methyl sites for hydroxylation is 1. The van der Waals surface area contributed by atoms with Crippen molar-refractivity contribution in [1.82, 2.24) is 14.1 Å². The Bertz CT molecular complexity index is 876. The monoisotopic (exact) mass is 365 g/mol. The van der Waals surface area contributed by atoms with Gasteiger partial charge in [0.2, 0.25) is 10.0 Å². The fraction of sp³-hybridized carbons (Fsp3) is 0.412. The maximum atomic E-state index is 12.2. The summed E-state index contributed by atoms with van der Waals surface area (Å²) in [4.78, 5) is 12.4. The summed E-state index contributed by atoms with van der Waals surface area (Å²) in [6.07, 6.45) is -0.553. The Hall–Kier alpha value is -2.19. The van der Waals surface area contributed by atoms with Gasteiger partial charge in [0.25, 0.3) is 0 Å². The summed E-state index contributed by atoms with van der Waals surface area (Å²) < 4.78 is 31.9. The predicted octanol–water partition coefficient (Wildman–Crippen LogP) is 2.89. The Morgan fingerprint density at radius 1 is 1.16 bits per heavy atom. The van der Waals surface area contributed by atoms with Crippen LogP contribution in [-0.4, -0.2) is 48.3 Å². The molecule has 1 aromatic heterocycles. The van der Waals surface area contributed by atoms with E-state index in [1.165, 1.54) is 30.9 Å². The Labute approximate surface area is 148 Å². The first-order valence-electron chi connectivity index (χ1n) is 7.75. The zero-order valence-electron chi connectivity index (χ0n) is 15.3. The fourth-order valence-corrected chi connectivity index (χ4v) is 3.02. The van der Waals surface area contributed by atoms with Gasteiger partial charge in [0, 0.05) is 25.4 Å². The molecule has 1 heterocycles. The van der Waals surface area contributed by atoms with E-state index in [0.717, 1.165) is 4.31 Å². The highest BCUT2D eigenvalue weighted by molar-refractivity contribution is 7.89. The van der Waals surface area contributed by atoms with E-state index < -0.39 is 21.7 Å². The maximum absolute atomic E-state index is 12.2. The number of sulfonamides is 1. The average molecular weight is 365 g/mol.